The third-order valence-corrected chi connectivity index (χ3v) is 2.11. The first-order valence-corrected chi connectivity index (χ1v) is 5.69. The molecular weight excluding hydrogens is 178 g/mol. The van der Waals surface area contributed by atoms with Gasteiger partial charge < -0.3 is 14.8 Å². The highest BCUT2D eigenvalue weighted by Gasteiger charge is 2.03. The van der Waals surface area contributed by atoms with Crippen LogP contribution in [-0.4, -0.2) is 39.5 Å². The number of nitrogens with one attached hydrogen (secondary N) is 1. The van der Waals surface area contributed by atoms with Gasteiger partial charge in [-0.2, -0.15) is 0 Å². The van der Waals surface area contributed by atoms with E-state index < -0.39 is 0 Å². The first-order valence-electron chi connectivity index (χ1n) is 5.69. The van der Waals surface area contributed by atoms with Crippen LogP contribution in [0, 0.1) is 0 Å². The summed E-state index contributed by atoms with van der Waals surface area (Å²) in [6.45, 7) is 7.53. The van der Waals surface area contributed by atoms with Gasteiger partial charge >= 0.3 is 0 Å². The maximum absolute atomic E-state index is 5.62. The fraction of sp³-hybridized carbons (Fsp3) is 1.00. The SMILES string of the molecule is CCCCOCCOC(CC)CNC. The van der Waals surface area contributed by atoms with Gasteiger partial charge in [-0.25, -0.2) is 0 Å². The van der Waals surface area contributed by atoms with Gasteiger partial charge in [0.05, 0.1) is 19.3 Å². The highest BCUT2D eigenvalue weighted by atomic mass is 16.5. The molecule has 0 heterocycles. The van der Waals surface area contributed by atoms with Crippen LogP contribution < -0.4 is 5.32 Å². The number of hydrogen-bond donors (Lipinski definition) is 1. The standard InChI is InChI=1S/C11H25NO2/c1-4-6-7-13-8-9-14-11(5-2)10-12-3/h11-12H,4-10H2,1-3H3. The van der Waals surface area contributed by atoms with E-state index in [9.17, 15) is 0 Å². The molecule has 1 unspecified atom stereocenters. The van der Waals surface area contributed by atoms with Crippen LogP contribution in [0.1, 0.15) is 33.1 Å². The van der Waals surface area contributed by atoms with Crippen LogP contribution in [0.2, 0.25) is 0 Å². The van der Waals surface area contributed by atoms with E-state index in [0.29, 0.717) is 12.7 Å². The Morgan fingerprint density at radius 1 is 1.14 bits per heavy atom. The second-order valence-corrected chi connectivity index (χ2v) is 3.42. The first kappa shape index (κ1) is 13.9. The van der Waals surface area contributed by atoms with Gasteiger partial charge in [0, 0.05) is 13.2 Å². The summed E-state index contributed by atoms with van der Waals surface area (Å²) in [4.78, 5) is 0. The van der Waals surface area contributed by atoms with Gasteiger partial charge in [0.25, 0.3) is 0 Å². The Hall–Kier alpha value is -0.120. The lowest BCUT2D eigenvalue weighted by atomic mass is 10.3. The van der Waals surface area contributed by atoms with Crippen LogP contribution in [0.25, 0.3) is 0 Å². The summed E-state index contributed by atoms with van der Waals surface area (Å²) < 4.78 is 11.0. The van der Waals surface area contributed by atoms with Crippen LogP contribution in [0.4, 0.5) is 0 Å². The summed E-state index contributed by atoms with van der Waals surface area (Å²) in [6.07, 6.45) is 3.72. The van der Waals surface area contributed by atoms with E-state index in [1.807, 2.05) is 7.05 Å². The van der Waals surface area contributed by atoms with Gasteiger partial charge in [-0.1, -0.05) is 20.3 Å². The van der Waals surface area contributed by atoms with Crippen molar-refractivity contribution in [3.8, 4) is 0 Å². The number of likely N-dealkylation sites (N-methyl/N-ethyl adjacent to an activating group) is 1. The van der Waals surface area contributed by atoms with Crippen molar-refractivity contribution >= 4 is 0 Å². The molecule has 1 N–H and O–H groups in total. The topological polar surface area (TPSA) is 30.5 Å². The molecule has 0 saturated heterocycles. The second kappa shape index (κ2) is 11.0. The molecule has 0 spiro atoms. The molecule has 0 aromatic rings. The molecule has 0 saturated carbocycles. The molecule has 0 rings (SSSR count). The van der Waals surface area contributed by atoms with E-state index in [-0.39, 0.29) is 0 Å². The van der Waals surface area contributed by atoms with Crippen LogP contribution >= 0.6 is 0 Å². The summed E-state index contributed by atoms with van der Waals surface area (Å²) in [6, 6.07) is 0. The summed E-state index contributed by atoms with van der Waals surface area (Å²) in [5, 5.41) is 3.11. The van der Waals surface area contributed by atoms with E-state index in [1.54, 1.807) is 0 Å². The van der Waals surface area contributed by atoms with Crippen LogP contribution in [0.5, 0.6) is 0 Å². The molecule has 3 nitrogen and oxygen atoms in total. The zero-order valence-electron chi connectivity index (χ0n) is 9.84. The molecule has 14 heavy (non-hydrogen) atoms. The molecule has 0 fully saturated rings. The highest BCUT2D eigenvalue weighted by Crippen LogP contribution is 1.96. The van der Waals surface area contributed by atoms with E-state index in [1.165, 1.54) is 6.42 Å². The largest absolute Gasteiger partial charge is 0.379 e. The van der Waals surface area contributed by atoms with Gasteiger partial charge in [0.15, 0.2) is 0 Å². The lowest BCUT2D eigenvalue weighted by Gasteiger charge is -2.15. The van der Waals surface area contributed by atoms with Crippen LogP contribution in [-0.2, 0) is 9.47 Å². The van der Waals surface area contributed by atoms with Gasteiger partial charge in [-0.05, 0) is 19.9 Å². The van der Waals surface area contributed by atoms with Crippen molar-refractivity contribution in [2.75, 3.05) is 33.4 Å². The van der Waals surface area contributed by atoms with Crippen molar-refractivity contribution in [1.82, 2.24) is 5.32 Å². The Morgan fingerprint density at radius 2 is 1.93 bits per heavy atom. The fourth-order valence-corrected chi connectivity index (χ4v) is 1.17. The lowest BCUT2D eigenvalue weighted by Crippen LogP contribution is -2.27. The average Bonchev–Trinajstić information content (AvgIpc) is 2.21. The zero-order chi connectivity index (χ0) is 10.6. The Morgan fingerprint density at radius 3 is 2.50 bits per heavy atom. The minimum absolute atomic E-state index is 0.328. The Bertz CT molecular complexity index is 109. The molecule has 0 radical (unpaired) electrons. The fourth-order valence-electron chi connectivity index (χ4n) is 1.17. The first-order chi connectivity index (χ1) is 6.85. The van der Waals surface area contributed by atoms with Crippen LogP contribution in [0.3, 0.4) is 0 Å². The second-order valence-electron chi connectivity index (χ2n) is 3.42. The predicted molar refractivity (Wildman–Crippen MR) is 59.7 cm³/mol. The molecule has 0 aromatic carbocycles. The minimum atomic E-state index is 0.328. The zero-order valence-corrected chi connectivity index (χ0v) is 9.84. The number of hydrogen-bond acceptors (Lipinski definition) is 3. The third kappa shape index (κ3) is 8.48. The molecule has 0 bridgehead atoms. The normalized spacial score (nSPS) is 13.1. The lowest BCUT2D eigenvalue weighted by molar-refractivity contribution is 0.00402. The van der Waals surface area contributed by atoms with E-state index in [2.05, 4.69) is 19.2 Å². The van der Waals surface area contributed by atoms with Gasteiger partial charge in [-0.15, -0.1) is 0 Å². The van der Waals surface area contributed by atoms with Gasteiger partial charge in [-0.3, -0.25) is 0 Å². The molecule has 0 aliphatic heterocycles. The molecule has 0 amide bonds. The Kier molecular flexibility index (Phi) is 10.9. The van der Waals surface area contributed by atoms with Crippen molar-refractivity contribution in [2.24, 2.45) is 0 Å². The van der Waals surface area contributed by atoms with E-state index >= 15 is 0 Å². The summed E-state index contributed by atoms with van der Waals surface area (Å²) in [7, 11) is 1.95. The number of ether oxygens (including phenoxy) is 2. The molecule has 1 atom stereocenters. The Labute approximate surface area is 88.2 Å². The number of unbranched alkanes of at least 4 members (excludes halogenated alkanes) is 1. The molecule has 3 heteroatoms. The molecular formula is C11H25NO2. The van der Waals surface area contributed by atoms with Crippen molar-refractivity contribution in [1.29, 1.82) is 0 Å². The molecule has 0 aliphatic carbocycles. The Balaban J connectivity index is 3.15. The molecule has 0 aliphatic rings. The van der Waals surface area contributed by atoms with Crippen molar-refractivity contribution in [3.05, 3.63) is 0 Å². The van der Waals surface area contributed by atoms with Crippen LogP contribution in [0.15, 0.2) is 0 Å². The third-order valence-electron chi connectivity index (χ3n) is 2.11. The van der Waals surface area contributed by atoms with E-state index in [0.717, 1.165) is 32.6 Å². The van der Waals surface area contributed by atoms with Gasteiger partial charge in [0.2, 0.25) is 0 Å². The van der Waals surface area contributed by atoms with Crippen molar-refractivity contribution < 1.29 is 9.47 Å². The molecule has 0 aromatic heterocycles. The van der Waals surface area contributed by atoms with Crippen molar-refractivity contribution in [2.45, 2.75) is 39.2 Å². The summed E-state index contributed by atoms with van der Waals surface area (Å²) >= 11 is 0. The minimum Gasteiger partial charge on any atom is -0.379 e. The maximum atomic E-state index is 5.62. The highest BCUT2D eigenvalue weighted by molar-refractivity contribution is 4.56. The monoisotopic (exact) mass is 203 g/mol. The smallest absolute Gasteiger partial charge is 0.0704 e. The number of rotatable bonds is 10. The average molecular weight is 203 g/mol. The summed E-state index contributed by atoms with van der Waals surface area (Å²) in [5.41, 5.74) is 0. The van der Waals surface area contributed by atoms with E-state index in [4.69, 9.17) is 9.47 Å². The predicted octanol–water partition coefficient (Wildman–Crippen LogP) is 1.82. The maximum Gasteiger partial charge on any atom is 0.0704 e. The molecule has 86 valence electrons. The summed E-state index contributed by atoms with van der Waals surface area (Å²) in [5.74, 6) is 0. The van der Waals surface area contributed by atoms with Gasteiger partial charge in [0.1, 0.15) is 0 Å². The van der Waals surface area contributed by atoms with Crippen molar-refractivity contribution in [3.63, 3.8) is 0 Å². The quantitative estimate of drug-likeness (QED) is 0.549.